The molecule has 0 N–H and O–H groups in total. The van der Waals surface area contributed by atoms with Crippen molar-refractivity contribution in [2.45, 2.75) is 58.3 Å². The van der Waals surface area contributed by atoms with E-state index in [-0.39, 0.29) is 0 Å². The first-order chi connectivity index (χ1) is 6.71. The number of hydrogen-bond donors (Lipinski definition) is 0. The number of hydrogen-bond acceptors (Lipinski definition) is 1. The molecule has 2 rings (SSSR count). The second-order valence-corrected chi connectivity index (χ2v) is 5.11. The Morgan fingerprint density at radius 2 is 1.86 bits per heavy atom. The molecule has 0 aliphatic heterocycles. The van der Waals surface area contributed by atoms with Crippen LogP contribution in [-0.2, 0) is 4.79 Å². The third kappa shape index (κ3) is 1.92. The molecule has 0 radical (unpaired) electrons. The lowest BCUT2D eigenvalue weighted by molar-refractivity contribution is -0.115. The Bertz CT molecular complexity index is 264. The smallest absolute Gasteiger partial charge is 0.155 e. The minimum absolute atomic E-state index is 0.359. The summed E-state index contributed by atoms with van der Waals surface area (Å²) in [4.78, 5) is 11.4. The van der Waals surface area contributed by atoms with Crippen LogP contribution in [0, 0.1) is 5.41 Å². The molecule has 0 unspecified atom stereocenters. The number of carbonyl (C=O) groups is 1. The predicted molar refractivity (Wildman–Crippen MR) is 58.1 cm³/mol. The molecule has 2 aliphatic carbocycles. The zero-order chi connectivity index (χ0) is 10.0. The maximum atomic E-state index is 11.4. The summed E-state index contributed by atoms with van der Waals surface area (Å²) in [5.74, 6) is 0.359. The molecule has 1 heteroatoms. The number of ketones is 1. The van der Waals surface area contributed by atoms with Crippen molar-refractivity contribution in [1.82, 2.24) is 0 Å². The number of fused-ring (bicyclic) bond motifs is 1. The first kappa shape index (κ1) is 9.95. The van der Waals surface area contributed by atoms with Crippen LogP contribution in [0.25, 0.3) is 0 Å². The van der Waals surface area contributed by atoms with Gasteiger partial charge in [0.05, 0.1) is 0 Å². The van der Waals surface area contributed by atoms with Crippen molar-refractivity contribution in [3.63, 3.8) is 0 Å². The normalized spacial score (nSPS) is 34.1. The maximum Gasteiger partial charge on any atom is 0.155 e. The molecule has 0 bridgehead atoms. The van der Waals surface area contributed by atoms with E-state index in [1.54, 1.807) is 0 Å². The summed E-state index contributed by atoms with van der Waals surface area (Å²) in [5.41, 5.74) is 1.82. The molecule has 0 saturated heterocycles. The average molecular weight is 192 g/mol. The molecule has 2 aliphatic rings. The molecule has 1 nitrogen and oxygen atoms in total. The molecule has 1 atom stereocenters. The summed E-state index contributed by atoms with van der Waals surface area (Å²) >= 11 is 0. The minimum atomic E-state index is 0.359. The highest BCUT2D eigenvalue weighted by Gasteiger charge is 2.32. The maximum absolute atomic E-state index is 11.4. The molecule has 0 aromatic carbocycles. The van der Waals surface area contributed by atoms with E-state index < -0.39 is 0 Å². The number of carbonyl (C=O) groups excluding carboxylic acids is 1. The Morgan fingerprint density at radius 1 is 1.07 bits per heavy atom. The quantitative estimate of drug-likeness (QED) is 0.572. The van der Waals surface area contributed by atoms with Gasteiger partial charge in [0.1, 0.15) is 0 Å². The van der Waals surface area contributed by atoms with Gasteiger partial charge in [-0.25, -0.2) is 0 Å². The zero-order valence-electron chi connectivity index (χ0n) is 9.14. The van der Waals surface area contributed by atoms with Gasteiger partial charge in [-0.1, -0.05) is 31.8 Å². The Morgan fingerprint density at radius 3 is 2.71 bits per heavy atom. The molecule has 0 aromatic rings. The van der Waals surface area contributed by atoms with Gasteiger partial charge in [0.2, 0.25) is 0 Å². The summed E-state index contributed by atoms with van der Waals surface area (Å²) in [5, 5.41) is 0. The lowest BCUT2D eigenvalue weighted by atomic mass is 9.68. The summed E-state index contributed by atoms with van der Waals surface area (Å²) in [7, 11) is 0. The third-order valence-electron chi connectivity index (χ3n) is 3.96. The van der Waals surface area contributed by atoms with E-state index in [1.165, 1.54) is 44.1 Å². The first-order valence-electron chi connectivity index (χ1n) is 5.95. The lowest BCUT2D eigenvalue weighted by Gasteiger charge is -2.36. The van der Waals surface area contributed by atoms with Crippen molar-refractivity contribution in [2.24, 2.45) is 5.41 Å². The fraction of sp³-hybridized carbons (Fsp3) is 0.769. The van der Waals surface area contributed by atoms with E-state index in [1.807, 2.05) is 6.08 Å². The van der Waals surface area contributed by atoms with Gasteiger partial charge in [-0.2, -0.15) is 0 Å². The van der Waals surface area contributed by atoms with Crippen LogP contribution >= 0.6 is 0 Å². The number of allylic oxidation sites excluding steroid dienone is 2. The highest BCUT2D eigenvalue weighted by molar-refractivity contribution is 5.91. The van der Waals surface area contributed by atoms with E-state index in [4.69, 9.17) is 0 Å². The number of rotatable bonds is 0. The standard InChI is InChI=1S/C13H20O/c1-13-8-5-3-2-4-6-11(13)10-12(14)7-9-13/h10H,2-9H2,1H3/t13-/m0/s1. The van der Waals surface area contributed by atoms with Gasteiger partial charge in [-0.15, -0.1) is 0 Å². The summed E-state index contributed by atoms with van der Waals surface area (Å²) < 4.78 is 0. The third-order valence-corrected chi connectivity index (χ3v) is 3.96. The predicted octanol–water partition coefficient (Wildman–Crippen LogP) is 3.64. The van der Waals surface area contributed by atoms with Crippen molar-refractivity contribution in [3.05, 3.63) is 11.6 Å². The topological polar surface area (TPSA) is 17.1 Å². The Balaban J connectivity index is 2.21. The van der Waals surface area contributed by atoms with Crippen LogP contribution in [-0.4, -0.2) is 5.78 Å². The van der Waals surface area contributed by atoms with E-state index in [0.29, 0.717) is 11.2 Å². The van der Waals surface area contributed by atoms with Gasteiger partial charge in [0.15, 0.2) is 5.78 Å². The second-order valence-electron chi connectivity index (χ2n) is 5.11. The van der Waals surface area contributed by atoms with E-state index in [2.05, 4.69) is 6.92 Å². The minimum Gasteiger partial charge on any atom is -0.295 e. The molecule has 1 fully saturated rings. The van der Waals surface area contributed by atoms with Crippen LogP contribution < -0.4 is 0 Å². The van der Waals surface area contributed by atoms with E-state index in [9.17, 15) is 4.79 Å². The molecular formula is C13H20O. The van der Waals surface area contributed by atoms with E-state index in [0.717, 1.165) is 12.8 Å². The largest absolute Gasteiger partial charge is 0.295 e. The van der Waals surface area contributed by atoms with Crippen molar-refractivity contribution < 1.29 is 4.79 Å². The molecule has 0 amide bonds. The van der Waals surface area contributed by atoms with Crippen molar-refractivity contribution in [2.75, 3.05) is 0 Å². The molecule has 0 heterocycles. The summed E-state index contributed by atoms with van der Waals surface area (Å²) in [6.07, 6.45) is 11.7. The van der Waals surface area contributed by atoms with Crippen LogP contribution in [0.15, 0.2) is 11.6 Å². The van der Waals surface area contributed by atoms with Gasteiger partial charge in [0.25, 0.3) is 0 Å². The molecule has 1 saturated carbocycles. The fourth-order valence-electron chi connectivity index (χ4n) is 2.84. The molecule has 14 heavy (non-hydrogen) atoms. The zero-order valence-corrected chi connectivity index (χ0v) is 9.14. The molecule has 0 aromatic heterocycles. The van der Waals surface area contributed by atoms with Gasteiger partial charge >= 0.3 is 0 Å². The van der Waals surface area contributed by atoms with Gasteiger partial charge in [0, 0.05) is 6.42 Å². The second kappa shape index (κ2) is 3.88. The van der Waals surface area contributed by atoms with E-state index >= 15 is 0 Å². The van der Waals surface area contributed by atoms with Crippen LogP contribution in [0.4, 0.5) is 0 Å². The average Bonchev–Trinajstić information content (AvgIpc) is 2.14. The van der Waals surface area contributed by atoms with Crippen LogP contribution in [0.5, 0.6) is 0 Å². The highest BCUT2D eigenvalue weighted by atomic mass is 16.1. The van der Waals surface area contributed by atoms with Crippen molar-refractivity contribution in [1.29, 1.82) is 0 Å². The van der Waals surface area contributed by atoms with Gasteiger partial charge < -0.3 is 0 Å². The van der Waals surface area contributed by atoms with Crippen LogP contribution in [0.3, 0.4) is 0 Å². The monoisotopic (exact) mass is 192 g/mol. The molecular weight excluding hydrogens is 172 g/mol. The lowest BCUT2D eigenvalue weighted by Crippen LogP contribution is -2.26. The highest BCUT2D eigenvalue weighted by Crippen LogP contribution is 2.44. The SMILES string of the molecule is C[C@@]12CCCCCCC1=CC(=O)CC2. The first-order valence-corrected chi connectivity index (χ1v) is 5.95. The Kier molecular flexibility index (Phi) is 2.76. The summed E-state index contributed by atoms with van der Waals surface area (Å²) in [6, 6.07) is 0. The van der Waals surface area contributed by atoms with Crippen molar-refractivity contribution >= 4 is 5.78 Å². The van der Waals surface area contributed by atoms with Crippen LogP contribution in [0.1, 0.15) is 58.3 Å². The van der Waals surface area contributed by atoms with Crippen LogP contribution in [0.2, 0.25) is 0 Å². The van der Waals surface area contributed by atoms with Gasteiger partial charge in [-0.05, 0) is 37.2 Å². The summed E-state index contributed by atoms with van der Waals surface area (Å²) in [6.45, 7) is 2.36. The van der Waals surface area contributed by atoms with Crippen molar-refractivity contribution in [3.8, 4) is 0 Å². The Hall–Kier alpha value is -0.590. The fourth-order valence-corrected chi connectivity index (χ4v) is 2.84. The van der Waals surface area contributed by atoms with Gasteiger partial charge in [-0.3, -0.25) is 4.79 Å². The molecule has 78 valence electrons. The molecule has 0 spiro atoms. The Labute approximate surface area is 86.6 Å².